The molecular formula is C18H24N4O5S. The Morgan fingerprint density at radius 1 is 1.18 bits per heavy atom. The summed E-state index contributed by atoms with van der Waals surface area (Å²) in [6, 6.07) is 6.29. The van der Waals surface area contributed by atoms with Crippen molar-refractivity contribution in [3.63, 3.8) is 0 Å². The number of benzene rings is 1. The Hall–Kier alpha value is -2.72. The Balaban J connectivity index is 1.91. The van der Waals surface area contributed by atoms with Gasteiger partial charge in [-0.2, -0.15) is 9.40 Å². The number of esters is 1. The van der Waals surface area contributed by atoms with Crippen LogP contribution in [-0.4, -0.2) is 54.6 Å². The average Bonchev–Trinajstić information content (AvgIpc) is 2.86. The number of carbonyl (C=O) groups is 2. The highest BCUT2D eigenvalue weighted by atomic mass is 32.2. The second-order valence-corrected chi connectivity index (χ2v) is 8.50. The van der Waals surface area contributed by atoms with E-state index in [2.05, 4.69) is 10.4 Å². The fourth-order valence-electron chi connectivity index (χ4n) is 2.48. The van der Waals surface area contributed by atoms with Gasteiger partial charge in [-0.25, -0.2) is 8.42 Å². The molecule has 9 nitrogen and oxygen atoms in total. The Kier molecular flexibility index (Phi) is 6.57. The molecule has 1 aromatic carbocycles. The Morgan fingerprint density at radius 2 is 1.79 bits per heavy atom. The van der Waals surface area contributed by atoms with Crippen LogP contribution in [0.1, 0.15) is 17.0 Å². The number of amides is 1. The van der Waals surface area contributed by atoms with E-state index in [0.717, 1.165) is 15.6 Å². The molecular weight excluding hydrogens is 384 g/mol. The molecule has 1 aromatic heterocycles. The second-order valence-electron chi connectivity index (χ2n) is 6.45. The molecule has 28 heavy (non-hydrogen) atoms. The van der Waals surface area contributed by atoms with Gasteiger partial charge in [-0.3, -0.25) is 14.3 Å². The number of aromatic nitrogens is 2. The van der Waals surface area contributed by atoms with Crippen molar-refractivity contribution in [2.24, 2.45) is 7.05 Å². The molecule has 2 rings (SSSR count). The summed E-state index contributed by atoms with van der Waals surface area (Å²) in [6.45, 7) is 4.36. The van der Waals surface area contributed by atoms with Crippen molar-refractivity contribution in [2.75, 3.05) is 25.5 Å². The van der Waals surface area contributed by atoms with Crippen LogP contribution in [0, 0.1) is 20.8 Å². The summed E-state index contributed by atoms with van der Waals surface area (Å²) in [5, 5.41) is 6.82. The van der Waals surface area contributed by atoms with E-state index in [-0.39, 0.29) is 4.90 Å². The van der Waals surface area contributed by atoms with Crippen LogP contribution in [0.5, 0.6) is 0 Å². The van der Waals surface area contributed by atoms with Crippen molar-refractivity contribution in [1.29, 1.82) is 0 Å². The molecule has 0 radical (unpaired) electrons. The molecule has 0 fully saturated rings. The SMILES string of the molecule is Cc1ccc(S(=O)(=O)N(C)CC(=O)OCC(=O)Nc2c(C)nn(C)c2C)cc1. The van der Waals surface area contributed by atoms with Crippen LogP contribution < -0.4 is 5.32 Å². The van der Waals surface area contributed by atoms with E-state index < -0.39 is 35.1 Å². The molecule has 152 valence electrons. The number of sulfonamides is 1. The highest BCUT2D eigenvalue weighted by Gasteiger charge is 2.24. The summed E-state index contributed by atoms with van der Waals surface area (Å²) in [4.78, 5) is 24.0. The Labute approximate surface area is 164 Å². The second kappa shape index (κ2) is 8.53. The number of nitrogens with zero attached hydrogens (tertiary/aromatic N) is 3. The lowest BCUT2D eigenvalue weighted by molar-refractivity contribution is -0.147. The lowest BCUT2D eigenvalue weighted by Crippen LogP contribution is -2.34. The van der Waals surface area contributed by atoms with E-state index in [1.807, 2.05) is 6.92 Å². The normalized spacial score (nSPS) is 11.5. The minimum absolute atomic E-state index is 0.0775. The van der Waals surface area contributed by atoms with Crippen molar-refractivity contribution in [2.45, 2.75) is 25.7 Å². The van der Waals surface area contributed by atoms with E-state index in [1.54, 1.807) is 37.7 Å². The molecule has 1 amide bonds. The molecule has 1 heterocycles. The van der Waals surface area contributed by atoms with Gasteiger partial charge in [0.05, 0.1) is 22.0 Å². The summed E-state index contributed by atoms with van der Waals surface area (Å²) in [6.07, 6.45) is 0. The highest BCUT2D eigenvalue weighted by molar-refractivity contribution is 7.89. The van der Waals surface area contributed by atoms with Crippen LogP contribution in [0.25, 0.3) is 0 Å². The number of anilines is 1. The third kappa shape index (κ3) is 4.96. The van der Waals surface area contributed by atoms with Crippen molar-refractivity contribution in [3.8, 4) is 0 Å². The maximum atomic E-state index is 12.5. The van der Waals surface area contributed by atoms with Crippen LogP contribution >= 0.6 is 0 Å². The minimum Gasteiger partial charge on any atom is -0.455 e. The third-order valence-corrected chi connectivity index (χ3v) is 6.04. The van der Waals surface area contributed by atoms with Crippen LogP contribution in [0.3, 0.4) is 0 Å². The first kappa shape index (κ1) is 21.6. The van der Waals surface area contributed by atoms with Gasteiger partial charge in [0.25, 0.3) is 5.91 Å². The molecule has 0 spiro atoms. The van der Waals surface area contributed by atoms with Gasteiger partial charge >= 0.3 is 5.97 Å². The van der Waals surface area contributed by atoms with E-state index >= 15 is 0 Å². The summed E-state index contributed by atoms with van der Waals surface area (Å²) in [7, 11) is -0.796. The molecule has 0 atom stereocenters. The Morgan fingerprint density at radius 3 is 2.32 bits per heavy atom. The highest BCUT2D eigenvalue weighted by Crippen LogP contribution is 2.18. The maximum Gasteiger partial charge on any atom is 0.321 e. The number of carbonyl (C=O) groups excluding carboxylic acids is 2. The largest absolute Gasteiger partial charge is 0.455 e. The van der Waals surface area contributed by atoms with E-state index in [4.69, 9.17) is 4.74 Å². The monoisotopic (exact) mass is 408 g/mol. The van der Waals surface area contributed by atoms with E-state index in [9.17, 15) is 18.0 Å². The van der Waals surface area contributed by atoms with Gasteiger partial charge in [0.2, 0.25) is 10.0 Å². The van der Waals surface area contributed by atoms with E-state index in [1.165, 1.54) is 19.2 Å². The van der Waals surface area contributed by atoms with Gasteiger partial charge in [-0.1, -0.05) is 17.7 Å². The van der Waals surface area contributed by atoms with Crippen LogP contribution in [-0.2, 0) is 31.4 Å². The van der Waals surface area contributed by atoms with Crippen LogP contribution in [0.2, 0.25) is 0 Å². The first-order chi connectivity index (χ1) is 13.0. The van der Waals surface area contributed by atoms with Gasteiger partial charge in [0, 0.05) is 14.1 Å². The zero-order chi connectivity index (χ0) is 21.1. The predicted octanol–water partition coefficient (Wildman–Crippen LogP) is 1.15. The lowest BCUT2D eigenvalue weighted by Gasteiger charge is -2.16. The first-order valence-electron chi connectivity index (χ1n) is 8.51. The van der Waals surface area contributed by atoms with Crippen LogP contribution in [0.4, 0.5) is 5.69 Å². The van der Waals surface area contributed by atoms with Gasteiger partial charge in [-0.15, -0.1) is 0 Å². The fraction of sp³-hybridized carbons (Fsp3) is 0.389. The quantitative estimate of drug-likeness (QED) is 0.688. The number of nitrogens with one attached hydrogen (secondary N) is 1. The number of hydrogen-bond donors (Lipinski definition) is 1. The van der Waals surface area contributed by atoms with Crippen molar-refractivity contribution >= 4 is 27.6 Å². The number of rotatable bonds is 7. The number of ether oxygens (including phenoxy) is 1. The standard InChI is InChI=1S/C18H24N4O5S/c1-12-6-8-15(9-7-12)28(25,26)21(4)10-17(24)27-11-16(23)19-18-13(2)20-22(5)14(18)3/h6-9H,10-11H2,1-5H3,(H,19,23). The zero-order valence-corrected chi connectivity index (χ0v) is 17.3. The van der Waals surface area contributed by atoms with Gasteiger partial charge in [0.15, 0.2) is 6.61 Å². The van der Waals surface area contributed by atoms with Gasteiger partial charge in [0.1, 0.15) is 6.54 Å². The zero-order valence-electron chi connectivity index (χ0n) is 16.5. The number of likely N-dealkylation sites (N-methyl/N-ethyl adjacent to an activating group) is 1. The van der Waals surface area contributed by atoms with Crippen molar-refractivity contribution < 1.29 is 22.7 Å². The molecule has 10 heteroatoms. The smallest absolute Gasteiger partial charge is 0.321 e. The van der Waals surface area contributed by atoms with Crippen LogP contribution in [0.15, 0.2) is 29.2 Å². The molecule has 0 aliphatic rings. The summed E-state index contributed by atoms with van der Waals surface area (Å²) in [5.41, 5.74) is 2.89. The fourth-order valence-corrected chi connectivity index (χ4v) is 3.59. The van der Waals surface area contributed by atoms with Crippen molar-refractivity contribution in [3.05, 3.63) is 41.2 Å². The molecule has 0 saturated heterocycles. The molecule has 0 unspecified atom stereocenters. The number of aryl methyl sites for hydroxylation is 3. The predicted molar refractivity (Wildman–Crippen MR) is 103 cm³/mol. The van der Waals surface area contributed by atoms with E-state index in [0.29, 0.717) is 11.4 Å². The number of hydrogen-bond acceptors (Lipinski definition) is 6. The summed E-state index contributed by atoms with van der Waals surface area (Å²) >= 11 is 0. The topological polar surface area (TPSA) is 111 Å². The minimum atomic E-state index is -3.83. The summed E-state index contributed by atoms with van der Waals surface area (Å²) in [5.74, 6) is -1.36. The van der Waals surface area contributed by atoms with Gasteiger partial charge in [-0.05, 0) is 32.9 Å². The molecule has 0 saturated carbocycles. The first-order valence-corrected chi connectivity index (χ1v) is 9.95. The van der Waals surface area contributed by atoms with Crippen molar-refractivity contribution in [1.82, 2.24) is 14.1 Å². The molecule has 0 aliphatic carbocycles. The molecule has 0 bridgehead atoms. The third-order valence-electron chi connectivity index (χ3n) is 4.22. The average molecular weight is 408 g/mol. The lowest BCUT2D eigenvalue weighted by atomic mass is 10.2. The maximum absolute atomic E-state index is 12.5. The molecule has 0 aliphatic heterocycles. The van der Waals surface area contributed by atoms with Gasteiger partial charge < -0.3 is 10.1 Å². The Bertz CT molecular complexity index is 980. The molecule has 2 aromatic rings. The molecule has 1 N–H and O–H groups in total. The summed E-state index contributed by atoms with van der Waals surface area (Å²) < 4.78 is 32.3.